The van der Waals surface area contributed by atoms with Crippen LogP contribution >= 0.6 is 0 Å². The smallest absolute Gasteiger partial charge is 0.135 e. The highest BCUT2D eigenvalue weighted by Gasteiger charge is 2.32. The molecule has 1 saturated heterocycles. The minimum atomic E-state index is 1.28. The summed E-state index contributed by atoms with van der Waals surface area (Å²) >= 11 is 0. The van der Waals surface area contributed by atoms with Gasteiger partial charge >= 0.3 is 0 Å². The molecule has 1 atom stereocenters. The molecule has 0 radical (unpaired) electrons. The topological polar surface area (TPSA) is 3.24 Å². The van der Waals surface area contributed by atoms with E-state index >= 15 is 0 Å². The molecule has 1 unspecified atom stereocenters. The van der Waals surface area contributed by atoms with E-state index in [2.05, 4.69) is 25.8 Å². The van der Waals surface area contributed by atoms with E-state index in [9.17, 15) is 0 Å². The predicted molar refractivity (Wildman–Crippen MR) is 76.0 cm³/mol. The summed E-state index contributed by atoms with van der Waals surface area (Å²) in [4.78, 5) is 2.49. The summed E-state index contributed by atoms with van der Waals surface area (Å²) in [5.74, 6) is 0. The van der Waals surface area contributed by atoms with Crippen molar-refractivity contribution in [2.45, 2.75) is 58.8 Å². The lowest BCUT2D eigenvalue weighted by Gasteiger charge is -2.32. The van der Waals surface area contributed by atoms with Crippen LogP contribution in [0.15, 0.2) is 0 Å². The van der Waals surface area contributed by atoms with Crippen LogP contribution in [0.1, 0.15) is 58.8 Å². The molecule has 1 fully saturated rings. The molecule has 0 aromatic heterocycles. The Balaban J connectivity index is 2.04. The predicted octanol–water partition coefficient (Wildman–Crippen LogP) is 3.48. The molecule has 17 heavy (non-hydrogen) atoms. The second kappa shape index (κ2) is 8.10. The van der Waals surface area contributed by atoms with Gasteiger partial charge in [0.1, 0.15) is 6.67 Å². The van der Waals surface area contributed by atoms with Crippen molar-refractivity contribution in [1.29, 1.82) is 0 Å². The molecule has 0 N–H and O–H groups in total. The van der Waals surface area contributed by atoms with Crippen LogP contribution in [-0.4, -0.2) is 49.3 Å². The van der Waals surface area contributed by atoms with Crippen molar-refractivity contribution in [2.75, 3.05) is 39.9 Å². The number of hydrogen-bond donors (Lipinski definition) is 0. The fourth-order valence-corrected chi connectivity index (χ4v) is 3.04. The summed E-state index contributed by atoms with van der Waals surface area (Å²) in [6, 6.07) is 0. The zero-order valence-corrected chi connectivity index (χ0v) is 12.4. The van der Waals surface area contributed by atoms with E-state index in [0.717, 1.165) is 0 Å². The molecular weight excluding hydrogens is 208 g/mol. The normalized spacial score (nSPS) is 25.6. The molecule has 102 valence electrons. The highest BCUT2D eigenvalue weighted by atomic mass is 15.5. The second-order valence-corrected chi connectivity index (χ2v) is 5.95. The first-order valence-corrected chi connectivity index (χ1v) is 7.76. The first kappa shape index (κ1) is 15.0. The molecule has 0 aromatic rings. The summed E-state index contributed by atoms with van der Waals surface area (Å²) in [6.45, 7) is 11.3. The number of hydrogen-bond acceptors (Lipinski definition) is 1. The molecule has 0 saturated carbocycles. The van der Waals surface area contributed by atoms with Gasteiger partial charge in [0, 0.05) is 0 Å². The SMILES string of the molecule is CCCCCCCCC[N+]1(CC)CCN(C)C1. The zero-order valence-electron chi connectivity index (χ0n) is 12.4. The van der Waals surface area contributed by atoms with Crippen LogP contribution in [-0.2, 0) is 0 Å². The molecule has 1 aliphatic rings. The van der Waals surface area contributed by atoms with Gasteiger partial charge in [0.05, 0.1) is 26.2 Å². The van der Waals surface area contributed by atoms with Crippen LogP contribution in [0.3, 0.4) is 0 Å². The van der Waals surface area contributed by atoms with Crippen LogP contribution in [0, 0.1) is 0 Å². The maximum Gasteiger partial charge on any atom is 0.135 e. The Labute approximate surface area is 109 Å². The van der Waals surface area contributed by atoms with E-state index < -0.39 is 0 Å². The first-order valence-electron chi connectivity index (χ1n) is 7.76. The van der Waals surface area contributed by atoms with E-state index in [0.29, 0.717) is 0 Å². The summed E-state index contributed by atoms with van der Waals surface area (Å²) in [7, 11) is 2.26. The van der Waals surface area contributed by atoms with E-state index in [1.54, 1.807) is 0 Å². The van der Waals surface area contributed by atoms with Crippen LogP contribution in [0.5, 0.6) is 0 Å². The number of unbranched alkanes of at least 4 members (excludes halogenated alkanes) is 6. The lowest BCUT2D eigenvalue weighted by molar-refractivity contribution is -0.919. The second-order valence-electron chi connectivity index (χ2n) is 5.95. The molecule has 1 heterocycles. The lowest BCUT2D eigenvalue weighted by Crippen LogP contribution is -2.47. The fraction of sp³-hybridized carbons (Fsp3) is 1.00. The number of likely N-dealkylation sites (N-methyl/N-ethyl adjacent to an activating group) is 2. The maximum atomic E-state index is 2.49. The standard InChI is InChI=1S/C15H33N2/c1-4-6-7-8-9-10-11-13-17(5-2)14-12-16(3)15-17/h4-15H2,1-3H3/q+1. The number of nitrogens with zero attached hydrogens (tertiary/aromatic N) is 2. The lowest BCUT2D eigenvalue weighted by atomic mass is 10.1. The van der Waals surface area contributed by atoms with Gasteiger partial charge in [-0.25, -0.2) is 0 Å². The summed E-state index contributed by atoms with van der Waals surface area (Å²) in [5, 5.41) is 0. The molecule has 2 nitrogen and oxygen atoms in total. The van der Waals surface area contributed by atoms with Gasteiger partial charge in [-0.05, 0) is 26.8 Å². The first-order chi connectivity index (χ1) is 8.22. The molecule has 0 aromatic carbocycles. The van der Waals surface area contributed by atoms with E-state index in [-0.39, 0.29) is 0 Å². The van der Waals surface area contributed by atoms with Crippen molar-refractivity contribution in [3.8, 4) is 0 Å². The quantitative estimate of drug-likeness (QED) is 0.441. The van der Waals surface area contributed by atoms with Crippen molar-refractivity contribution in [3.05, 3.63) is 0 Å². The Kier molecular flexibility index (Phi) is 7.14. The minimum absolute atomic E-state index is 1.28. The Bertz CT molecular complexity index is 193. The average Bonchev–Trinajstić information content (AvgIpc) is 2.71. The van der Waals surface area contributed by atoms with E-state index in [4.69, 9.17) is 0 Å². The monoisotopic (exact) mass is 241 g/mol. The molecule has 2 heteroatoms. The van der Waals surface area contributed by atoms with Gasteiger partial charge in [0.25, 0.3) is 0 Å². The summed E-state index contributed by atoms with van der Waals surface area (Å²) in [5.41, 5.74) is 0. The third-order valence-corrected chi connectivity index (χ3v) is 4.40. The van der Waals surface area contributed by atoms with Gasteiger partial charge in [0.2, 0.25) is 0 Å². The molecule has 0 amide bonds. The summed E-state index contributed by atoms with van der Waals surface area (Å²) < 4.78 is 1.35. The maximum absolute atomic E-state index is 2.49. The Morgan fingerprint density at radius 1 is 0.941 bits per heavy atom. The number of quaternary nitrogens is 1. The van der Waals surface area contributed by atoms with Crippen molar-refractivity contribution in [3.63, 3.8) is 0 Å². The molecule has 0 bridgehead atoms. The van der Waals surface area contributed by atoms with Crippen molar-refractivity contribution >= 4 is 0 Å². The Morgan fingerprint density at radius 2 is 1.59 bits per heavy atom. The van der Waals surface area contributed by atoms with Crippen molar-refractivity contribution in [1.82, 2.24) is 4.90 Å². The van der Waals surface area contributed by atoms with Crippen LogP contribution < -0.4 is 0 Å². The molecule has 1 rings (SSSR count). The van der Waals surface area contributed by atoms with Crippen LogP contribution in [0.2, 0.25) is 0 Å². The third kappa shape index (κ3) is 5.39. The zero-order chi connectivity index (χ0) is 12.6. The number of rotatable bonds is 9. The van der Waals surface area contributed by atoms with Gasteiger partial charge in [-0.2, -0.15) is 0 Å². The third-order valence-electron chi connectivity index (χ3n) is 4.40. The average molecular weight is 241 g/mol. The largest absolute Gasteiger partial charge is 0.310 e. The fourth-order valence-electron chi connectivity index (χ4n) is 3.04. The summed E-state index contributed by atoms with van der Waals surface area (Å²) in [6.07, 6.45) is 10.1. The minimum Gasteiger partial charge on any atom is -0.310 e. The van der Waals surface area contributed by atoms with Gasteiger partial charge in [-0.3, -0.25) is 4.90 Å². The van der Waals surface area contributed by atoms with Crippen molar-refractivity contribution in [2.24, 2.45) is 0 Å². The van der Waals surface area contributed by atoms with E-state index in [1.807, 2.05) is 0 Å². The Morgan fingerprint density at radius 3 is 2.12 bits per heavy atom. The van der Waals surface area contributed by atoms with Crippen LogP contribution in [0.25, 0.3) is 0 Å². The highest BCUT2D eigenvalue weighted by molar-refractivity contribution is 4.57. The Hall–Kier alpha value is -0.0800. The van der Waals surface area contributed by atoms with E-state index in [1.165, 1.54) is 82.3 Å². The van der Waals surface area contributed by atoms with Crippen molar-refractivity contribution < 1.29 is 4.48 Å². The van der Waals surface area contributed by atoms with Gasteiger partial charge in [0.15, 0.2) is 0 Å². The molecule has 1 aliphatic heterocycles. The van der Waals surface area contributed by atoms with Crippen LogP contribution in [0.4, 0.5) is 0 Å². The van der Waals surface area contributed by atoms with Gasteiger partial charge in [-0.1, -0.05) is 39.0 Å². The van der Waals surface area contributed by atoms with Gasteiger partial charge < -0.3 is 4.48 Å². The molecular formula is C15H33N2+. The molecule has 0 aliphatic carbocycles. The highest BCUT2D eigenvalue weighted by Crippen LogP contribution is 2.17. The van der Waals surface area contributed by atoms with Gasteiger partial charge in [-0.15, -0.1) is 0 Å². The molecule has 0 spiro atoms.